The number of nitrogens with zero attached hydrogens (tertiary/aromatic N) is 1. The average Bonchev–Trinajstić information content (AvgIpc) is 2.71. The average molecular weight is 251 g/mol. The SMILES string of the molecule is CC(C)C[C@H](CN)CC(=O)NCc1ccn(C)c1. The van der Waals surface area contributed by atoms with Gasteiger partial charge in [-0.25, -0.2) is 0 Å². The molecule has 1 aromatic rings. The first kappa shape index (κ1) is 14.8. The van der Waals surface area contributed by atoms with Crippen molar-refractivity contribution in [1.82, 2.24) is 9.88 Å². The zero-order valence-corrected chi connectivity index (χ0v) is 11.6. The van der Waals surface area contributed by atoms with Crippen LogP contribution in [-0.4, -0.2) is 17.0 Å². The van der Waals surface area contributed by atoms with Crippen molar-refractivity contribution in [3.63, 3.8) is 0 Å². The second kappa shape index (κ2) is 7.21. The van der Waals surface area contributed by atoms with Crippen LogP contribution >= 0.6 is 0 Å². The quantitative estimate of drug-likeness (QED) is 0.774. The van der Waals surface area contributed by atoms with E-state index in [2.05, 4.69) is 19.2 Å². The number of nitrogens with one attached hydrogen (secondary N) is 1. The summed E-state index contributed by atoms with van der Waals surface area (Å²) in [6.45, 7) is 5.49. The molecule has 0 fully saturated rings. The number of hydrogen-bond acceptors (Lipinski definition) is 2. The van der Waals surface area contributed by atoms with Gasteiger partial charge in [0.15, 0.2) is 0 Å². The predicted octanol–water partition coefficient (Wildman–Crippen LogP) is 1.65. The molecule has 0 bridgehead atoms. The fourth-order valence-corrected chi connectivity index (χ4v) is 2.13. The van der Waals surface area contributed by atoms with E-state index in [0.717, 1.165) is 12.0 Å². The van der Waals surface area contributed by atoms with Crippen molar-refractivity contribution in [2.45, 2.75) is 33.2 Å². The van der Waals surface area contributed by atoms with Crippen molar-refractivity contribution < 1.29 is 4.79 Å². The topological polar surface area (TPSA) is 60.1 Å². The minimum absolute atomic E-state index is 0.0925. The van der Waals surface area contributed by atoms with Crippen LogP contribution < -0.4 is 11.1 Å². The summed E-state index contributed by atoms with van der Waals surface area (Å²) in [6.07, 6.45) is 5.52. The molecule has 18 heavy (non-hydrogen) atoms. The molecule has 0 aliphatic carbocycles. The van der Waals surface area contributed by atoms with Gasteiger partial charge in [0.05, 0.1) is 0 Å². The molecule has 4 nitrogen and oxygen atoms in total. The van der Waals surface area contributed by atoms with E-state index in [1.165, 1.54) is 0 Å². The molecule has 4 heteroatoms. The van der Waals surface area contributed by atoms with Crippen molar-refractivity contribution >= 4 is 5.91 Å². The van der Waals surface area contributed by atoms with E-state index in [-0.39, 0.29) is 5.91 Å². The molecule has 102 valence electrons. The molecule has 0 saturated carbocycles. The zero-order valence-electron chi connectivity index (χ0n) is 11.6. The fourth-order valence-electron chi connectivity index (χ4n) is 2.13. The predicted molar refractivity (Wildman–Crippen MR) is 73.9 cm³/mol. The van der Waals surface area contributed by atoms with Gasteiger partial charge in [-0.3, -0.25) is 4.79 Å². The summed E-state index contributed by atoms with van der Waals surface area (Å²) in [6, 6.07) is 2.01. The Morgan fingerprint density at radius 1 is 1.50 bits per heavy atom. The number of amides is 1. The van der Waals surface area contributed by atoms with E-state index < -0.39 is 0 Å². The monoisotopic (exact) mass is 251 g/mol. The van der Waals surface area contributed by atoms with E-state index in [0.29, 0.717) is 31.3 Å². The standard InChI is InChI=1S/C14H25N3O/c1-11(2)6-13(8-15)7-14(18)16-9-12-4-5-17(3)10-12/h4-5,10-11,13H,6-9,15H2,1-3H3,(H,16,18)/t13-/m0/s1. The van der Waals surface area contributed by atoms with Crippen LogP contribution in [0.2, 0.25) is 0 Å². The van der Waals surface area contributed by atoms with Gasteiger partial charge in [-0.15, -0.1) is 0 Å². The van der Waals surface area contributed by atoms with Gasteiger partial charge in [-0.1, -0.05) is 13.8 Å². The largest absolute Gasteiger partial charge is 0.357 e. The molecule has 1 heterocycles. The van der Waals surface area contributed by atoms with Gasteiger partial charge >= 0.3 is 0 Å². The highest BCUT2D eigenvalue weighted by molar-refractivity contribution is 5.76. The van der Waals surface area contributed by atoms with Crippen LogP contribution in [0, 0.1) is 11.8 Å². The van der Waals surface area contributed by atoms with E-state index >= 15 is 0 Å². The second-order valence-electron chi connectivity index (χ2n) is 5.40. The van der Waals surface area contributed by atoms with Gasteiger partial charge in [0, 0.05) is 32.4 Å². The molecule has 3 N–H and O–H groups in total. The lowest BCUT2D eigenvalue weighted by Crippen LogP contribution is -2.28. The third-order valence-corrected chi connectivity index (χ3v) is 3.00. The summed E-state index contributed by atoms with van der Waals surface area (Å²) in [4.78, 5) is 11.8. The Balaban J connectivity index is 2.32. The maximum Gasteiger partial charge on any atom is 0.220 e. The Hall–Kier alpha value is -1.29. The lowest BCUT2D eigenvalue weighted by molar-refractivity contribution is -0.122. The summed E-state index contributed by atoms with van der Waals surface area (Å²) in [5.74, 6) is 0.969. The molecule has 1 rings (SSSR count). The van der Waals surface area contributed by atoms with Crippen LogP contribution in [-0.2, 0) is 18.4 Å². The minimum Gasteiger partial charge on any atom is -0.357 e. The van der Waals surface area contributed by atoms with Gasteiger partial charge in [0.25, 0.3) is 0 Å². The van der Waals surface area contributed by atoms with E-state index in [4.69, 9.17) is 5.73 Å². The van der Waals surface area contributed by atoms with E-state index in [1.54, 1.807) is 0 Å². The van der Waals surface area contributed by atoms with Crippen molar-refractivity contribution in [3.05, 3.63) is 24.0 Å². The first-order valence-electron chi connectivity index (χ1n) is 6.59. The van der Waals surface area contributed by atoms with Gasteiger partial charge in [-0.05, 0) is 36.4 Å². The molecule has 0 saturated heterocycles. The Labute approximate surface area is 110 Å². The van der Waals surface area contributed by atoms with Crippen LogP contribution in [0.1, 0.15) is 32.3 Å². The Bertz CT molecular complexity index is 371. The van der Waals surface area contributed by atoms with Crippen molar-refractivity contribution in [1.29, 1.82) is 0 Å². The second-order valence-corrected chi connectivity index (χ2v) is 5.40. The molecule has 0 aliphatic heterocycles. The van der Waals surface area contributed by atoms with Crippen LogP contribution in [0.5, 0.6) is 0 Å². The van der Waals surface area contributed by atoms with Crippen molar-refractivity contribution in [2.24, 2.45) is 24.6 Å². The number of aromatic nitrogens is 1. The summed E-state index contributed by atoms with van der Waals surface area (Å²) in [5, 5.41) is 2.94. The molecule has 0 radical (unpaired) electrons. The van der Waals surface area contributed by atoms with Gasteiger partial charge in [-0.2, -0.15) is 0 Å². The zero-order chi connectivity index (χ0) is 13.5. The number of aryl methyl sites for hydroxylation is 1. The maximum absolute atomic E-state index is 11.8. The van der Waals surface area contributed by atoms with E-state index in [9.17, 15) is 4.79 Å². The Morgan fingerprint density at radius 3 is 2.72 bits per heavy atom. The number of rotatable bonds is 7. The maximum atomic E-state index is 11.8. The normalized spacial score (nSPS) is 12.7. The Kier molecular flexibility index (Phi) is 5.92. The molecular formula is C14H25N3O. The number of hydrogen-bond donors (Lipinski definition) is 2. The summed E-state index contributed by atoms with van der Waals surface area (Å²) in [5.41, 5.74) is 6.82. The first-order valence-corrected chi connectivity index (χ1v) is 6.59. The number of carbonyl (C=O) groups excluding carboxylic acids is 1. The molecule has 1 amide bonds. The lowest BCUT2D eigenvalue weighted by atomic mass is 9.94. The van der Waals surface area contributed by atoms with Gasteiger partial charge in [0.2, 0.25) is 5.91 Å². The van der Waals surface area contributed by atoms with Crippen LogP contribution in [0.3, 0.4) is 0 Å². The molecule has 0 unspecified atom stereocenters. The van der Waals surface area contributed by atoms with Gasteiger partial charge < -0.3 is 15.6 Å². The van der Waals surface area contributed by atoms with Crippen LogP contribution in [0.25, 0.3) is 0 Å². The van der Waals surface area contributed by atoms with Crippen LogP contribution in [0.4, 0.5) is 0 Å². The highest BCUT2D eigenvalue weighted by atomic mass is 16.1. The molecular weight excluding hydrogens is 226 g/mol. The molecule has 0 aliphatic rings. The molecule has 1 aromatic heterocycles. The lowest BCUT2D eigenvalue weighted by Gasteiger charge is -2.16. The summed E-state index contributed by atoms with van der Waals surface area (Å²) >= 11 is 0. The molecule has 0 aromatic carbocycles. The number of nitrogens with two attached hydrogens (primary N) is 1. The first-order chi connectivity index (χ1) is 8.51. The smallest absolute Gasteiger partial charge is 0.220 e. The third-order valence-electron chi connectivity index (χ3n) is 3.00. The molecule has 0 spiro atoms. The highest BCUT2D eigenvalue weighted by Crippen LogP contribution is 2.14. The third kappa shape index (κ3) is 5.36. The summed E-state index contributed by atoms with van der Waals surface area (Å²) in [7, 11) is 1.97. The highest BCUT2D eigenvalue weighted by Gasteiger charge is 2.13. The van der Waals surface area contributed by atoms with Crippen LogP contribution in [0.15, 0.2) is 18.5 Å². The summed E-state index contributed by atoms with van der Waals surface area (Å²) < 4.78 is 1.98. The van der Waals surface area contributed by atoms with Gasteiger partial charge in [0.1, 0.15) is 0 Å². The Morgan fingerprint density at radius 2 is 2.22 bits per heavy atom. The van der Waals surface area contributed by atoms with E-state index in [1.807, 2.05) is 30.1 Å². The minimum atomic E-state index is 0.0925. The van der Waals surface area contributed by atoms with Crippen molar-refractivity contribution in [3.8, 4) is 0 Å². The number of carbonyl (C=O) groups is 1. The fraction of sp³-hybridized carbons (Fsp3) is 0.643. The van der Waals surface area contributed by atoms with Crippen molar-refractivity contribution in [2.75, 3.05) is 6.54 Å². The molecule has 1 atom stereocenters.